The lowest BCUT2D eigenvalue weighted by Gasteiger charge is -2.24. The number of benzene rings is 1. The van der Waals surface area contributed by atoms with Crippen LogP contribution in [-0.4, -0.2) is 10.1 Å². The van der Waals surface area contributed by atoms with Crippen LogP contribution < -0.4 is 0 Å². The summed E-state index contributed by atoms with van der Waals surface area (Å²) in [5.74, 6) is -1.41. The number of aromatic nitrogens is 1. The molecule has 0 saturated carbocycles. The Morgan fingerprint density at radius 2 is 1.79 bits per heavy atom. The number of rotatable bonds is 3. The maximum Gasteiger partial charge on any atom is 0.126 e. The molecule has 1 N–H and O–H groups in total. The Balaban J connectivity index is 2.31. The predicted octanol–water partition coefficient (Wildman–Crippen LogP) is 3.57. The molecule has 1 heterocycles. The first-order valence-corrected chi connectivity index (χ1v) is 6.44. The van der Waals surface area contributed by atoms with E-state index in [2.05, 4.69) is 20.9 Å². The second-order valence-electron chi connectivity index (χ2n) is 4.62. The third-order valence-electron chi connectivity index (χ3n) is 2.79. The van der Waals surface area contributed by atoms with E-state index < -0.39 is 17.2 Å². The fourth-order valence-corrected chi connectivity index (χ4v) is 2.33. The van der Waals surface area contributed by atoms with Crippen LogP contribution in [-0.2, 0) is 12.0 Å². The SMILES string of the molecule is CC(O)(Cc1cncc(Br)c1)c1cc(F)cc(F)c1. The lowest BCUT2D eigenvalue weighted by Crippen LogP contribution is -2.24. The maximum atomic E-state index is 13.2. The van der Waals surface area contributed by atoms with Crippen LogP contribution in [0.15, 0.2) is 41.1 Å². The van der Waals surface area contributed by atoms with Crippen molar-refractivity contribution >= 4 is 15.9 Å². The highest BCUT2D eigenvalue weighted by Crippen LogP contribution is 2.27. The quantitative estimate of drug-likeness (QED) is 0.934. The Kier molecular flexibility index (Phi) is 3.96. The van der Waals surface area contributed by atoms with Gasteiger partial charge >= 0.3 is 0 Å². The van der Waals surface area contributed by atoms with Gasteiger partial charge in [-0.1, -0.05) is 0 Å². The molecule has 0 radical (unpaired) electrons. The topological polar surface area (TPSA) is 33.1 Å². The second kappa shape index (κ2) is 5.35. The maximum absolute atomic E-state index is 13.2. The van der Waals surface area contributed by atoms with Crippen LogP contribution in [0, 0.1) is 11.6 Å². The van der Waals surface area contributed by atoms with Crippen molar-refractivity contribution in [3.05, 3.63) is 63.9 Å². The van der Waals surface area contributed by atoms with Gasteiger partial charge in [-0.25, -0.2) is 8.78 Å². The first-order chi connectivity index (χ1) is 8.87. The van der Waals surface area contributed by atoms with E-state index in [1.54, 1.807) is 18.5 Å². The number of nitrogens with zero attached hydrogens (tertiary/aromatic N) is 1. The standard InChI is InChI=1S/C14H12BrF2NO/c1-14(19,6-9-2-11(15)8-18-7-9)10-3-12(16)5-13(17)4-10/h2-5,7-8,19H,6H2,1H3. The molecule has 2 aromatic rings. The number of hydrogen-bond donors (Lipinski definition) is 1. The minimum atomic E-state index is -1.37. The average molecular weight is 328 g/mol. The van der Waals surface area contributed by atoms with E-state index in [9.17, 15) is 13.9 Å². The van der Waals surface area contributed by atoms with Gasteiger partial charge in [0.15, 0.2) is 0 Å². The minimum absolute atomic E-state index is 0.199. The van der Waals surface area contributed by atoms with Gasteiger partial charge in [-0.15, -0.1) is 0 Å². The number of hydrogen-bond acceptors (Lipinski definition) is 2. The molecule has 1 aromatic heterocycles. The van der Waals surface area contributed by atoms with Gasteiger partial charge in [0.25, 0.3) is 0 Å². The first kappa shape index (κ1) is 14.1. The third-order valence-corrected chi connectivity index (χ3v) is 3.23. The van der Waals surface area contributed by atoms with E-state index in [-0.39, 0.29) is 12.0 Å². The second-order valence-corrected chi connectivity index (χ2v) is 5.54. The Morgan fingerprint density at radius 1 is 1.16 bits per heavy atom. The average Bonchev–Trinajstić information content (AvgIpc) is 2.26. The fourth-order valence-electron chi connectivity index (χ4n) is 1.92. The molecule has 0 aliphatic rings. The minimum Gasteiger partial charge on any atom is -0.385 e. The van der Waals surface area contributed by atoms with Crippen molar-refractivity contribution in [2.75, 3.05) is 0 Å². The summed E-state index contributed by atoms with van der Waals surface area (Å²) in [4.78, 5) is 3.99. The van der Waals surface area contributed by atoms with Gasteiger partial charge < -0.3 is 5.11 Å². The molecular weight excluding hydrogens is 316 g/mol. The van der Waals surface area contributed by atoms with Gasteiger partial charge in [0, 0.05) is 29.4 Å². The molecule has 0 fully saturated rings. The van der Waals surface area contributed by atoms with E-state index >= 15 is 0 Å². The molecule has 2 rings (SSSR count). The van der Waals surface area contributed by atoms with E-state index in [1.165, 1.54) is 6.92 Å². The molecule has 0 bridgehead atoms. The lowest BCUT2D eigenvalue weighted by molar-refractivity contribution is 0.0568. The summed E-state index contributed by atoms with van der Waals surface area (Å²) in [5, 5.41) is 10.4. The van der Waals surface area contributed by atoms with Crippen molar-refractivity contribution in [1.82, 2.24) is 4.98 Å². The highest BCUT2D eigenvalue weighted by atomic mass is 79.9. The molecule has 1 unspecified atom stereocenters. The summed E-state index contributed by atoms with van der Waals surface area (Å²) in [6, 6.07) is 4.85. The van der Waals surface area contributed by atoms with Crippen molar-refractivity contribution in [3.63, 3.8) is 0 Å². The normalized spacial score (nSPS) is 14.2. The van der Waals surface area contributed by atoms with E-state index in [4.69, 9.17) is 0 Å². The van der Waals surface area contributed by atoms with Crippen LogP contribution in [0.3, 0.4) is 0 Å². The van der Waals surface area contributed by atoms with Crippen molar-refractivity contribution in [2.24, 2.45) is 0 Å². The molecular formula is C14H12BrF2NO. The van der Waals surface area contributed by atoms with Crippen LogP contribution in [0.5, 0.6) is 0 Å². The summed E-state index contributed by atoms with van der Waals surface area (Å²) >= 11 is 3.29. The summed E-state index contributed by atoms with van der Waals surface area (Å²) in [6.45, 7) is 1.52. The Hall–Kier alpha value is -1.33. The molecule has 0 saturated heterocycles. The first-order valence-electron chi connectivity index (χ1n) is 5.65. The predicted molar refractivity (Wildman–Crippen MR) is 71.6 cm³/mol. The van der Waals surface area contributed by atoms with Gasteiger partial charge in [-0.3, -0.25) is 4.98 Å². The van der Waals surface area contributed by atoms with Crippen molar-refractivity contribution in [3.8, 4) is 0 Å². The summed E-state index contributed by atoms with van der Waals surface area (Å²) in [6.07, 6.45) is 3.44. The van der Waals surface area contributed by atoms with Crippen molar-refractivity contribution in [2.45, 2.75) is 18.9 Å². The summed E-state index contributed by atoms with van der Waals surface area (Å²) < 4.78 is 27.2. The number of halogens is 3. The van der Waals surface area contributed by atoms with Crippen LogP contribution in [0.2, 0.25) is 0 Å². The lowest BCUT2D eigenvalue weighted by atomic mass is 9.89. The van der Waals surface area contributed by atoms with Crippen LogP contribution in [0.4, 0.5) is 8.78 Å². The molecule has 2 nitrogen and oxygen atoms in total. The molecule has 1 aromatic carbocycles. The van der Waals surface area contributed by atoms with Gasteiger partial charge in [0.05, 0.1) is 5.60 Å². The van der Waals surface area contributed by atoms with Crippen LogP contribution in [0.1, 0.15) is 18.1 Å². The number of pyridine rings is 1. The molecule has 5 heteroatoms. The zero-order valence-corrected chi connectivity index (χ0v) is 11.8. The van der Waals surface area contributed by atoms with Crippen molar-refractivity contribution < 1.29 is 13.9 Å². The zero-order valence-electron chi connectivity index (χ0n) is 10.2. The Labute approximate surface area is 118 Å². The molecule has 19 heavy (non-hydrogen) atoms. The molecule has 100 valence electrons. The summed E-state index contributed by atoms with van der Waals surface area (Å²) in [7, 11) is 0. The molecule has 0 amide bonds. The zero-order chi connectivity index (χ0) is 14.0. The fraction of sp³-hybridized carbons (Fsp3) is 0.214. The van der Waals surface area contributed by atoms with E-state index in [1.807, 2.05) is 0 Å². The van der Waals surface area contributed by atoms with Crippen LogP contribution in [0.25, 0.3) is 0 Å². The number of aliphatic hydroxyl groups is 1. The third kappa shape index (κ3) is 3.58. The van der Waals surface area contributed by atoms with Gasteiger partial charge in [-0.2, -0.15) is 0 Å². The smallest absolute Gasteiger partial charge is 0.126 e. The molecule has 0 aliphatic carbocycles. The van der Waals surface area contributed by atoms with Gasteiger partial charge in [-0.05, 0) is 52.2 Å². The Bertz CT molecular complexity index is 581. The highest BCUT2D eigenvalue weighted by Gasteiger charge is 2.25. The van der Waals surface area contributed by atoms with E-state index in [0.717, 1.165) is 28.2 Å². The van der Waals surface area contributed by atoms with Gasteiger partial charge in [0.2, 0.25) is 0 Å². The monoisotopic (exact) mass is 327 g/mol. The van der Waals surface area contributed by atoms with E-state index in [0.29, 0.717) is 0 Å². The molecule has 0 spiro atoms. The van der Waals surface area contributed by atoms with Crippen LogP contribution >= 0.6 is 15.9 Å². The van der Waals surface area contributed by atoms with Crippen molar-refractivity contribution in [1.29, 1.82) is 0 Å². The highest BCUT2D eigenvalue weighted by molar-refractivity contribution is 9.10. The largest absolute Gasteiger partial charge is 0.385 e. The molecule has 1 atom stereocenters. The van der Waals surface area contributed by atoms with Gasteiger partial charge in [0.1, 0.15) is 11.6 Å². The Morgan fingerprint density at radius 3 is 2.37 bits per heavy atom. The summed E-state index contributed by atoms with van der Waals surface area (Å²) in [5.41, 5.74) is -0.403. The molecule has 0 aliphatic heterocycles.